The van der Waals surface area contributed by atoms with Gasteiger partial charge in [-0.1, -0.05) is 38.3 Å². The van der Waals surface area contributed by atoms with Crippen molar-refractivity contribution in [2.75, 3.05) is 11.5 Å². The SMILES string of the molecule is CCCCCC(O)c1ccc(N2C(=O)CC[C@H]2COCc2ccc(C(=O)OC(C)C)s2)cc1. The molecule has 180 valence electrons. The second kappa shape index (κ2) is 12.3. The summed E-state index contributed by atoms with van der Waals surface area (Å²) in [6.45, 7) is 6.62. The highest BCUT2D eigenvalue weighted by atomic mass is 32.1. The monoisotopic (exact) mass is 473 g/mol. The van der Waals surface area contributed by atoms with Crippen molar-refractivity contribution in [2.45, 2.75) is 84.2 Å². The number of esters is 1. The van der Waals surface area contributed by atoms with Gasteiger partial charge in [0.05, 0.1) is 31.5 Å². The lowest BCUT2D eigenvalue weighted by atomic mass is 10.0. The maximum Gasteiger partial charge on any atom is 0.348 e. The molecule has 33 heavy (non-hydrogen) atoms. The number of rotatable bonds is 12. The van der Waals surface area contributed by atoms with Gasteiger partial charge in [-0.15, -0.1) is 11.3 Å². The number of carbonyl (C=O) groups is 2. The highest BCUT2D eigenvalue weighted by Gasteiger charge is 2.32. The fraction of sp³-hybridized carbons (Fsp3) is 0.538. The normalized spacial score (nSPS) is 17.1. The van der Waals surface area contributed by atoms with Gasteiger partial charge in [0.2, 0.25) is 5.91 Å². The number of unbranched alkanes of at least 4 members (excludes halogenated alkanes) is 2. The van der Waals surface area contributed by atoms with Crippen LogP contribution in [0.3, 0.4) is 0 Å². The highest BCUT2D eigenvalue weighted by molar-refractivity contribution is 7.13. The van der Waals surface area contributed by atoms with Gasteiger partial charge in [0.25, 0.3) is 0 Å². The average molecular weight is 474 g/mol. The number of anilines is 1. The van der Waals surface area contributed by atoms with Crippen LogP contribution in [-0.4, -0.2) is 35.7 Å². The van der Waals surface area contributed by atoms with Crippen molar-refractivity contribution in [2.24, 2.45) is 0 Å². The molecule has 3 rings (SSSR count). The molecule has 2 aromatic rings. The standard InChI is InChI=1S/C26H35NO5S/c1-4-5-6-7-23(28)19-8-10-20(11-9-19)27-21(12-15-25(27)29)16-31-17-22-13-14-24(33-22)26(30)32-18(2)3/h8-11,13-14,18,21,23,28H,4-7,12,15-17H2,1-3H3/t21-,23?/m0/s1. The number of hydrogen-bond acceptors (Lipinski definition) is 6. The Balaban J connectivity index is 1.54. The number of aliphatic hydroxyl groups excluding tert-OH is 1. The Kier molecular flexibility index (Phi) is 9.47. The first-order chi connectivity index (χ1) is 15.9. The highest BCUT2D eigenvalue weighted by Crippen LogP contribution is 2.29. The molecule has 6 nitrogen and oxygen atoms in total. The molecule has 1 aromatic carbocycles. The molecule has 2 heterocycles. The van der Waals surface area contributed by atoms with Crippen LogP contribution < -0.4 is 4.90 Å². The van der Waals surface area contributed by atoms with Crippen molar-refractivity contribution in [3.63, 3.8) is 0 Å². The maximum atomic E-state index is 12.5. The van der Waals surface area contributed by atoms with Crippen LogP contribution in [0.15, 0.2) is 36.4 Å². The molecule has 0 saturated carbocycles. The van der Waals surface area contributed by atoms with Crippen molar-refractivity contribution in [3.8, 4) is 0 Å². The van der Waals surface area contributed by atoms with Gasteiger partial charge in [-0.3, -0.25) is 4.79 Å². The molecule has 0 aliphatic carbocycles. The summed E-state index contributed by atoms with van der Waals surface area (Å²) >= 11 is 1.37. The molecule has 1 N–H and O–H groups in total. The van der Waals surface area contributed by atoms with E-state index in [1.54, 1.807) is 6.07 Å². The van der Waals surface area contributed by atoms with Gasteiger partial charge in [0, 0.05) is 17.0 Å². The molecule has 0 bridgehead atoms. The summed E-state index contributed by atoms with van der Waals surface area (Å²) in [7, 11) is 0. The van der Waals surface area contributed by atoms with Crippen LogP contribution >= 0.6 is 11.3 Å². The van der Waals surface area contributed by atoms with Crippen LogP contribution in [0.25, 0.3) is 0 Å². The van der Waals surface area contributed by atoms with Gasteiger partial charge in [-0.05, 0) is 56.5 Å². The Hall–Kier alpha value is -2.22. The number of aliphatic hydroxyl groups is 1. The molecule has 2 atom stereocenters. The first-order valence-corrected chi connectivity index (χ1v) is 12.7. The summed E-state index contributed by atoms with van der Waals surface area (Å²) < 4.78 is 11.1. The fourth-order valence-corrected chi connectivity index (χ4v) is 4.83. The molecule has 0 radical (unpaired) electrons. The molecule has 1 aromatic heterocycles. The molecule has 1 fully saturated rings. The average Bonchev–Trinajstić information content (AvgIpc) is 3.40. The Bertz CT molecular complexity index is 908. The third-order valence-electron chi connectivity index (χ3n) is 5.72. The number of hydrogen-bond donors (Lipinski definition) is 1. The Morgan fingerprint density at radius 1 is 1.18 bits per heavy atom. The summed E-state index contributed by atoms with van der Waals surface area (Å²) in [6.07, 6.45) is 4.64. The lowest BCUT2D eigenvalue weighted by molar-refractivity contribution is -0.117. The topological polar surface area (TPSA) is 76.1 Å². The Morgan fingerprint density at radius 2 is 1.94 bits per heavy atom. The first-order valence-electron chi connectivity index (χ1n) is 11.9. The summed E-state index contributed by atoms with van der Waals surface area (Å²) in [5.74, 6) is -0.220. The zero-order valence-electron chi connectivity index (χ0n) is 19.8. The quantitative estimate of drug-likeness (QED) is 0.319. The number of carbonyl (C=O) groups excluding carboxylic acids is 2. The van der Waals surface area contributed by atoms with E-state index < -0.39 is 6.10 Å². The van der Waals surface area contributed by atoms with E-state index in [-0.39, 0.29) is 24.0 Å². The third-order valence-corrected chi connectivity index (χ3v) is 6.76. The summed E-state index contributed by atoms with van der Waals surface area (Å²) in [5, 5.41) is 10.4. The van der Waals surface area contributed by atoms with Crippen LogP contribution in [0, 0.1) is 0 Å². The summed E-state index contributed by atoms with van der Waals surface area (Å²) in [6, 6.07) is 11.3. The van der Waals surface area contributed by atoms with Gasteiger partial charge in [0.1, 0.15) is 4.88 Å². The Morgan fingerprint density at radius 3 is 2.64 bits per heavy atom. The maximum absolute atomic E-state index is 12.5. The second-order valence-corrected chi connectivity index (χ2v) is 9.96. The zero-order chi connectivity index (χ0) is 23.8. The van der Waals surface area contributed by atoms with Crippen molar-refractivity contribution in [3.05, 3.63) is 51.7 Å². The van der Waals surface area contributed by atoms with Crippen molar-refractivity contribution >= 4 is 28.9 Å². The van der Waals surface area contributed by atoms with Gasteiger partial charge in [-0.25, -0.2) is 4.79 Å². The molecule has 1 aliphatic rings. The van der Waals surface area contributed by atoms with Crippen molar-refractivity contribution in [1.29, 1.82) is 0 Å². The van der Waals surface area contributed by atoms with E-state index in [0.717, 1.165) is 48.2 Å². The number of benzene rings is 1. The third kappa shape index (κ3) is 7.13. The second-order valence-electron chi connectivity index (χ2n) is 8.79. The number of nitrogens with zero attached hydrogens (tertiary/aromatic N) is 1. The fourth-order valence-electron chi connectivity index (χ4n) is 4.00. The zero-order valence-corrected chi connectivity index (χ0v) is 20.6. The van der Waals surface area contributed by atoms with Crippen molar-refractivity contribution in [1.82, 2.24) is 0 Å². The van der Waals surface area contributed by atoms with Crippen molar-refractivity contribution < 1.29 is 24.2 Å². The van der Waals surface area contributed by atoms with E-state index in [1.807, 2.05) is 49.1 Å². The molecule has 1 aliphatic heterocycles. The summed E-state index contributed by atoms with van der Waals surface area (Å²) in [5.41, 5.74) is 1.73. The molecule has 0 spiro atoms. The largest absolute Gasteiger partial charge is 0.459 e. The van der Waals surface area contributed by atoms with E-state index >= 15 is 0 Å². The predicted molar refractivity (Wildman–Crippen MR) is 131 cm³/mol. The van der Waals surface area contributed by atoms with Crippen LogP contribution in [-0.2, 0) is 20.9 Å². The van der Waals surface area contributed by atoms with E-state index in [1.165, 1.54) is 11.3 Å². The van der Waals surface area contributed by atoms with Gasteiger partial charge < -0.3 is 19.5 Å². The summed E-state index contributed by atoms with van der Waals surface area (Å²) in [4.78, 5) is 27.9. The van der Waals surface area contributed by atoms with E-state index in [0.29, 0.717) is 24.5 Å². The lowest BCUT2D eigenvalue weighted by Gasteiger charge is -2.25. The molecule has 1 unspecified atom stereocenters. The smallest absolute Gasteiger partial charge is 0.348 e. The minimum absolute atomic E-state index is 0.0248. The van der Waals surface area contributed by atoms with Crippen LogP contribution in [0.4, 0.5) is 5.69 Å². The lowest BCUT2D eigenvalue weighted by Crippen LogP contribution is -2.36. The van der Waals surface area contributed by atoms with E-state index in [9.17, 15) is 14.7 Å². The van der Waals surface area contributed by atoms with Gasteiger partial charge >= 0.3 is 5.97 Å². The molecular formula is C26H35NO5S. The van der Waals surface area contributed by atoms with Crippen LogP contribution in [0.1, 0.15) is 85.5 Å². The van der Waals surface area contributed by atoms with E-state index in [2.05, 4.69) is 6.92 Å². The van der Waals surface area contributed by atoms with Crippen LogP contribution in [0.5, 0.6) is 0 Å². The minimum atomic E-state index is -0.465. The predicted octanol–water partition coefficient (Wildman–Crippen LogP) is 5.64. The van der Waals surface area contributed by atoms with Gasteiger partial charge in [0.15, 0.2) is 0 Å². The van der Waals surface area contributed by atoms with E-state index in [4.69, 9.17) is 9.47 Å². The number of amides is 1. The first kappa shape index (κ1) is 25.4. The molecule has 1 saturated heterocycles. The Labute approximate surface area is 200 Å². The minimum Gasteiger partial charge on any atom is -0.459 e. The molecule has 7 heteroatoms. The number of ether oxygens (including phenoxy) is 2. The molecule has 1 amide bonds. The molecular weight excluding hydrogens is 438 g/mol. The van der Waals surface area contributed by atoms with Crippen LogP contribution in [0.2, 0.25) is 0 Å². The number of thiophene rings is 1. The van der Waals surface area contributed by atoms with Gasteiger partial charge in [-0.2, -0.15) is 0 Å².